The number of hydrogen-bond acceptors (Lipinski definition) is 4. The topological polar surface area (TPSA) is 39.2 Å². The molecule has 1 heterocycles. The molecule has 0 atom stereocenters. The zero-order valence-corrected chi connectivity index (χ0v) is 12.6. The number of thiazole rings is 1. The molecule has 3 nitrogen and oxygen atoms in total. The first-order valence-corrected chi connectivity index (χ1v) is 7.40. The Balaban J connectivity index is 1.94. The predicted octanol–water partition coefficient (Wildman–Crippen LogP) is 4.39. The second-order valence-electron chi connectivity index (χ2n) is 4.58. The third kappa shape index (κ3) is 2.89. The van der Waals surface area contributed by atoms with E-state index in [1.165, 1.54) is 30.6 Å². The zero-order chi connectivity index (χ0) is 15.5. The highest BCUT2D eigenvalue weighted by Crippen LogP contribution is 2.24. The van der Waals surface area contributed by atoms with Crippen LogP contribution >= 0.6 is 11.3 Å². The highest BCUT2D eigenvalue weighted by molar-refractivity contribution is 7.19. The molecule has 0 aliphatic heterocycles. The Labute approximate surface area is 130 Å². The summed E-state index contributed by atoms with van der Waals surface area (Å²) in [5, 5.41) is 0.750. The van der Waals surface area contributed by atoms with Gasteiger partial charge in [-0.1, -0.05) is 24.3 Å². The van der Waals surface area contributed by atoms with Gasteiger partial charge in [0.05, 0.1) is 22.9 Å². The lowest BCUT2D eigenvalue weighted by molar-refractivity contribution is 0.0600. The second-order valence-corrected chi connectivity index (χ2v) is 5.64. The number of esters is 1. The van der Waals surface area contributed by atoms with Gasteiger partial charge in [-0.25, -0.2) is 14.2 Å². The van der Waals surface area contributed by atoms with Gasteiger partial charge in [0.2, 0.25) is 0 Å². The summed E-state index contributed by atoms with van der Waals surface area (Å²) in [5.74, 6) is -0.684. The van der Waals surface area contributed by atoms with Crippen LogP contribution < -0.4 is 0 Å². The summed E-state index contributed by atoms with van der Waals surface area (Å²) in [6.45, 7) is 0. The molecule has 0 spiro atoms. The minimum Gasteiger partial charge on any atom is -0.465 e. The molecule has 2 aromatic carbocycles. The number of hydrogen-bond donors (Lipinski definition) is 0. The minimum absolute atomic E-state index is 0.302. The van der Waals surface area contributed by atoms with Crippen molar-refractivity contribution in [2.75, 3.05) is 7.11 Å². The number of methoxy groups -OCH3 is 1. The third-order valence-corrected chi connectivity index (χ3v) is 4.14. The summed E-state index contributed by atoms with van der Waals surface area (Å²) in [5.41, 5.74) is 1.87. The molecule has 0 saturated carbocycles. The van der Waals surface area contributed by atoms with E-state index < -0.39 is 0 Å². The molecule has 3 rings (SSSR count). The van der Waals surface area contributed by atoms with Crippen LogP contribution in [0.3, 0.4) is 0 Å². The zero-order valence-electron chi connectivity index (χ0n) is 11.7. The molecule has 5 heteroatoms. The van der Waals surface area contributed by atoms with Crippen molar-refractivity contribution in [1.82, 2.24) is 4.98 Å². The highest BCUT2D eigenvalue weighted by Gasteiger charge is 2.09. The average Bonchev–Trinajstić information content (AvgIpc) is 2.94. The van der Waals surface area contributed by atoms with Gasteiger partial charge in [0, 0.05) is 6.07 Å². The van der Waals surface area contributed by atoms with Crippen LogP contribution in [0.4, 0.5) is 4.39 Å². The van der Waals surface area contributed by atoms with Gasteiger partial charge in [-0.05, 0) is 29.8 Å². The van der Waals surface area contributed by atoms with Gasteiger partial charge >= 0.3 is 5.97 Å². The molecule has 0 bridgehead atoms. The Bertz CT molecular complexity index is 870. The number of carbonyl (C=O) groups excluding carboxylic acids is 1. The van der Waals surface area contributed by atoms with Gasteiger partial charge in [0.25, 0.3) is 0 Å². The lowest BCUT2D eigenvalue weighted by atomic mass is 10.1. The van der Waals surface area contributed by atoms with E-state index in [9.17, 15) is 9.18 Å². The van der Waals surface area contributed by atoms with Crippen LogP contribution in [0.2, 0.25) is 0 Å². The van der Waals surface area contributed by atoms with Crippen LogP contribution in [0.1, 0.15) is 20.9 Å². The largest absolute Gasteiger partial charge is 0.465 e. The Hall–Kier alpha value is -2.53. The molecule has 0 aliphatic rings. The van der Waals surface area contributed by atoms with Crippen molar-refractivity contribution in [3.8, 4) is 0 Å². The molecule has 0 fully saturated rings. The monoisotopic (exact) mass is 313 g/mol. The maximum atomic E-state index is 13.2. The summed E-state index contributed by atoms with van der Waals surface area (Å²) in [4.78, 5) is 16.1. The molecular weight excluding hydrogens is 301 g/mol. The Morgan fingerprint density at radius 3 is 2.86 bits per heavy atom. The number of fused-ring (bicyclic) bond motifs is 1. The molecule has 3 aromatic rings. The van der Waals surface area contributed by atoms with Crippen molar-refractivity contribution in [1.29, 1.82) is 0 Å². The number of rotatable bonds is 3. The molecule has 0 N–H and O–H groups in total. The van der Waals surface area contributed by atoms with Crippen LogP contribution in [-0.4, -0.2) is 18.1 Å². The number of halogens is 1. The summed E-state index contributed by atoms with van der Waals surface area (Å²) >= 11 is 1.46. The maximum Gasteiger partial charge on any atom is 0.338 e. The molecule has 0 radical (unpaired) electrons. The molecule has 0 saturated heterocycles. The smallest absolute Gasteiger partial charge is 0.338 e. The summed E-state index contributed by atoms with van der Waals surface area (Å²) < 4.78 is 18.9. The van der Waals surface area contributed by atoms with E-state index in [2.05, 4.69) is 4.98 Å². The molecule has 0 unspecified atom stereocenters. The van der Waals surface area contributed by atoms with Gasteiger partial charge in [0.1, 0.15) is 10.8 Å². The summed E-state index contributed by atoms with van der Waals surface area (Å²) in [6, 6.07) is 11.7. The van der Waals surface area contributed by atoms with Crippen molar-refractivity contribution in [3.05, 3.63) is 64.4 Å². The van der Waals surface area contributed by atoms with Crippen LogP contribution in [-0.2, 0) is 4.74 Å². The first-order chi connectivity index (χ1) is 10.7. The number of ether oxygens (including phenoxy) is 1. The van der Waals surface area contributed by atoms with Gasteiger partial charge in [-0.15, -0.1) is 11.3 Å². The third-order valence-electron chi connectivity index (χ3n) is 3.14. The molecule has 22 heavy (non-hydrogen) atoms. The molecule has 110 valence electrons. The fourth-order valence-corrected chi connectivity index (χ4v) is 2.94. The van der Waals surface area contributed by atoms with Crippen molar-refractivity contribution >= 4 is 39.7 Å². The van der Waals surface area contributed by atoms with E-state index in [1.807, 2.05) is 18.2 Å². The minimum atomic E-state index is -0.383. The van der Waals surface area contributed by atoms with Crippen molar-refractivity contribution in [3.63, 3.8) is 0 Å². The van der Waals surface area contributed by atoms with Crippen LogP contribution in [0.15, 0.2) is 42.5 Å². The van der Waals surface area contributed by atoms with Crippen molar-refractivity contribution < 1.29 is 13.9 Å². The summed E-state index contributed by atoms with van der Waals surface area (Å²) in [7, 11) is 1.35. The van der Waals surface area contributed by atoms with E-state index >= 15 is 0 Å². The lowest BCUT2D eigenvalue weighted by Crippen LogP contribution is -2.02. The van der Waals surface area contributed by atoms with E-state index in [0.29, 0.717) is 11.1 Å². The van der Waals surface area contributed by atoms with Crippen LogP contribution in [0, 0.1) is 5.82 Å². The summed E-state index contributed by atoms with van der Waals surface area (Å²) in [6.07, 6.45) is 3.62. The molecule has 0 amide bonds. The number of benzene rings is 2. The molecule has 0 aliphatic carbocycles. The molecular formula is C17H12FNO2S. The SMILES string of the molecule is COC(=O)c1ccccc1/C=C/c1nc2cc(F)ccc2s1. The Kier molecular flexibility index (Phi) is 3.98. The second kappa shape index (κ2) is 6.07. The van der Waals surface area contributed by atoms with Crippen LogP contribution in [0.25, 0.3) is 22.4 Å². The van der Waals surface area contributed by atoms with Gasteiger partial charge < -0.3 is 4.74 Å². The van der Waals surface area contributed by atoms with Gasteiger partial charge in [-0.2, -0.15) is 0 Å². The molecule has 1 aromatic heterocycles. The first kappa shape index (κ1) is 14.4. The van der Waals surface area contributed by atoms with E-state index in [4.69, 9.17) is 4.74 Å². The van der Waals surface area contributed by atoms with E-state index in [0.717, 1.165) is 15.3 Å². The van der Waals surface area contributed by atoms with Gasteiger partial charge in [-0.3, -0.25) is 0 Å². The van der Waals surface area contributed by atoms with E-state index in [1.54, 1.807) is 24.3 Å². The Morgan fingerprint density at radius 2 is 2.05 bits per heavy atom. The first-order valence-electron chi connectivity index (χ1n) is 6.59. The predicted molar refractivity (Wildman–Crippen MR) is 86.3 cm³/mol. The average molecular weight is 313 g/mol. The number of aromatic nitrogens is 1. The lowest BCUT2D eigenvalue weighted by Gasteiger charge is -2.02. The van der Waals surface area contributed by atoms with Gasteiger partial charge in [0.15, 0.2) is 0 Å². The Morgan fingerprint density at radius 1 is 1.23 bits per heavy atom. The standard InChI is InChI=1S/C17H12FNO2S/c1-21-17(20)13-5-3-2-4-11(13)6-9-16-19-14-10-12(18)7-8-15(14)22-16/h2-10H,1H3/b9-6+. The fourth-order valence-electron chi connectivity index (χ4n) is 2.09. The number of carbonyl (C=O) groups is 1. The highest BCUT2D eigenvalue weighted by atomic mass is 32.1. The van der Waals surface area contributed by atoms with Crippen LogP contribution in [0.5, 0.6) is 0 Å². The maximum absolute atomic E-state index is 13.2. The van der Waals surface area contributed by atoms with Crippen molar-refractivity contribution in [2.24, 2.45) is 0 Å². The van der Waals surface area contributed by atoms with Crippen molar-refractivity contribution in [2.45, 2.75) is 0 Å². The number of nitrogens with zero attached hydrogens (tertiary/aromatic N) is 1. The van der Waals surface area contributed by atoms with E-state index in [-0.39, 0.29) is 11.8 Å². The fraction of sp³-hybridized carbons (Fsp3) is 0.0588. The quantitative estimate of drug-likeness (QED) is 0.673. The normalized spacial score (nSPS) is 11.2.